The normalized spacial score (nSPS) is 18.8. The summed E-state index contributed by atoms with van der Waals surface area (Å²) in [4.78, 5) is 2.46. The van der Waals surface area contributed by atoms with Crippen LogP contribution in [0.3, 0.4) is 0 Å². The van der Waals surface area contributed by atoms with Crippen molar-refractivity contribution in [1.82, 2.24) is 10.2 Å². The maximum Gasteiger partial charge on any atom is 0.0594 e. The average Bonchev–Trinajstić information content (AvgIpc) is 2.40. The van der Waals surface area contributed by atoms with Gasteiger partial charge in [-0.1, -0.05) is 24.3 Å². The molecule has 3 heteroatoms. The number of ether oxygens (including phenoxy) is 1. The van der Waals surface area contributed by atoms with Gasteiger partial charge in [0, 0.05) is 32.2 Å². The minimum atomic E-state index is 0.423. The Kier molecular flexibility index (Phi) is 5.17. The van der Waals surface area contributed by atoms with Gasteiger partial charge >= 0.3 is 0 Å². The first-order chi connectivity index (χ1) is 8.77. The van der Waals surface area contributed by atoms with E-state index in [1.165, 1.54) is 11.1 Å². The Labute approximate surface area is 110 Å². The van der Waals surface area contributed by atoms with E-state index in [4.69, 9.17) is 4.74 Å². The molecule has 1 aromatic rings. The lowest BCUT2D eigenvalue weighted by atomic mass is 10.0. The molecule has 0 aliphatic carbocycles. The maximum absolute atomic E-state index is 5.35. The molecule has 1 saturated heterocycles. The van der Waals surface area contributed by atoms with E-state index in [0.29, 0.717) is 6.04 Å². The Morgan fingerprint density at radius 1 is 1.28 bits per heavy atom. The van der Waals surface area contributed by atoms with Gasteiger partial charge < -0.3 is 10.1 Å². The molecule has 0 bridgehead atoms. The topological polar surface area (TPSA) is 24.5 Å². The van der Waals surface area contributed by atoms with Crippen LogP contribution in [0.5, 0.6) is 0 Å². The lowest BCUT2D eigenvalue weighted by Gasteiger charge is -2.27. The maximum atomic E-state index is 5.35. The Hall–Kier alpha value is -0.900. The van der Waals surface area contributed by atoms with E-state index < -0.39 is 0 Å². The number of nitrogens with one attached hydrogen (secondary N) is 1. The molecule has 1 aliphatic heterocycles. The molecule has 0 saturated carbocycles. The molecule has 2 rings (SSSR count). The second-order valence-corrected chi connectivity index (χ2v) is 4.99. The van der Waals surface area contributed by atoms with Crippen molar-refractivity contribution in [3.63, 3.8) is 0 Å². The molecular weight excluding hydrogens is 224 g/mol. The van der Waals surface area contributed by atoms with Crippen LogP contribution in [-0.4, -0.2) is 44.3 Å². The van der Waals surface area contributed by atoms with Crippen molar-refractivity contribution in [1.29, 1.82) is 0 Å². The van der Waals surface area contributed by atoms with Gasteiger partial charge in [-0.15, -0.1) is 0 Å². The van der Waals surface area contributed by atoms with E-state index >= 15 is 0 Å². The summed E-state index contributed by atoms with van der Waals surface area (Å²) in [5, 5.41) is 3.60. The predicted molar refractivity (Wildman–Crippen MR) is 74.9 cm³/mol. The molecule has 0 radical (unpaired) electrons. The zero-order valence-corrected chi connectivity index (χ0v) is 11.5. The van der Waals surface area contributed by atoms with Crippen molar-refractivity contribution < 1.29 is 4.74 Å². The third-order valence-electron chi connectivity index (χ3n) is 3.64. The van der Waals surface area contributed by atoms with Crippen molar-refractivity contribution in [3.8, 4) is 0 Å². The second kappa shape index (κ2) is 6.88. The van der Waals surface area contributed by atoms with E-state index in [1.54, 1.807) is 0 Å². The Morgan fingerprint density at radius 2 is 2.00 bits per heavy atom. The van der Waals surface area contributed by atoms with Gasteiger partial charge in [0.15, 0.2) is 0 Å². The first-order valence-electron chi connectivity index (χ1n) is 6.86. The highest BCUT2D eigenvalue weighted by Crippen LogP contribution is 2.16. The van der Waals surface area contributed by atoms with Gasteiger partial charge in [-0.3, -0.25) is 4.90 Å². The first kappa shape index (κ1) is 13.5. The summed E-state index contributed by atoms with van der Waals surface area (Å²) in [6, 6.07) is 9.02. The number of benzene rings is 1. The highest BCUT2D eigenvalue weighted by atomic mass is 16.5. The molecule has 3 nitrogen and oxygen atoms in total. The standard InChI is InChI=1S/C15H24N2O/c1-13-5-3-4-6-15(13)14(2)16-7-8-17-9-11-18-12-10-17/h3-6,14,16H,7-12H2,1-2H3. The average molecular weight is 248 g/mol. The van der Waals surface area contributed by atoms with Crippen LogP contribution in [0.25, 0.3) is 0 Å². The van der Waals surface area contributed by atoms with Gasteiger partial charge in [-0.25, -0.2) is 0 Å². The van der Waals surface area contributed by atoms with Crippen molar-refractivity contribution in [2.75, 3.05) is 39.4 Å². The third-order valence-corrected chi connectivity index (χ3v) is 3.64. The fourth-order valence-corrected chi connectivity index (χ4v) is 2.45. The number of nitrogens with zero attached hydrogens (tertiary/aromatic N) is 1. The highest BCUT2D eigenvalue weighted by molar-refractivity contribution is 5.28. The SMILES string of the molecule is Cc1ccccc1C(C)NCCN1CCOCC1. The molecule has 0 spiro atoms. The monoisotopic (exact) mass is 248 g/mol. The lowest BCUT2D eigenvalue weighted by molar-refractivity contribution is 0.0382. The second-order valence-electron chi connectivity index (χ2n) is 4.99. The Bertz CT molecular complexity index is 361. The minimum Gasteiger partial charge on any atom is -0.379 e. The number of rotatable bonds is 5. The zero-order chi connectivity index (χ0) is 12.8. The van der Waals surface area contributed by atoms with Gasteiger partial charge in [-0.05, 0) is 25.0 Å². The molecular formula is C15H24N2O. The summed E-state index contributed by atoms with van der Waals surface area (Å²) >= 11 is 0. The molecule has 1 N–H and O–H groups in total. The van der Waals surface area contributed by atoms with Crippen molar-refractivity contribution in [3.05, 3.63) is 35.4 Å². The highest BCUT2D eigenvalue weighted by Gasteiger charge is 2.11. The summed E-state index contributed by atoms with van der Waals surface area (Å²) < 4.78 is 5.35. The van der Waals surface area contributed by atoms with Crippen LogP contribution in [0.4, 0.5) is 0 Å². The molecule has 1 fully saturated rings. The van der Waals surface area contributed by atoms with Crippen LogP contribution in [0.1, 0.15) is 24.1 Å². The smallest absolute Gasteiger partial charge is 0.0594 e. The molecule has 1 unspecified atom stereocenters. The van der Waals surface area contributed by atoms with Gasteiger partial charge in [0.2, 0.25) is 0 Å². The quantitative estimate of drug-likeness (QED) is 0.862. The van der Waals surface area contributed by atoms with E-state index in [-0.39, 0.29) is 0 Å². The van der Waals surface area contributed by atoms with E-state index in [0.717, 1.165) is 39.4 Å². The van der Waals surface area contributed by atoms with Crippen LogP contribution in [0.2, 0.25) is 0 Å². The number of hydrogen-bond acceptors (Lipinski definition) is 3. The largest absolute Gasteiger partial charge is 0.379 e. The van der Waals surface area contributed by atoms with Crippen LogP contribution >= 0.6 is 0 Å². The fraction of sp³-hybridized carbons (Fsp3) is 0.600. The molecule has 18 heavy (non-hydrogen) atoms. The molecule has 1 aromatic carbocycles. The lowest BCUT2D eigenvalue weighted by Crippen LogP contribution is -2.40. The van der Waals surface area contributed by atoms with Crippen LogP contribution in [-0.2, 0) is 4.74 Å². The molecule has 0 amide bonds. The van der Waals surface area contributed by atoms with Gasteiger partial charge in [-0.2, -0.15) is 0 Å². The Morgan fingerprint density at radius 3 is 2.72 bits per heavy atom. The van der Waals surface area contributed by atoms with Crippen molar-refractivity contribution in [2.45, 2.75) is 19.9 Å². The molecule has 1 aliphatic rings. The summed E-state index contributed by atoms with van der Waals surface area (Å²) in [7, 11) is 0. The molecule has 100 valence electrons. The van der Waals surface area contributed by atoms with Crippen molar-refractivity contribution >= 4 is 0 Å². The van der Waals surface area contributed by atoms with Gasteiger partial charge in [0.1, 0.15) is 0 Å². The predicted octanol–water partition coefficient (Wildman–Crippen LogP) is 1.98. The number of morpholine rings is 1. The summed E-state index contributed by atoms with van der Waals surface area (Å²) in [5.41, 5.74) is 2.77. The van der Waals surface area contributed by atoms with Crippen LogP contribution < -0.4 is 5.32 Å². The van der Waals surface area contributed by atoms with Gasteiger partial charge in [0.25, 0.3) is 0 Å². The van der Waals surface area contributed by atoms with Gasteiger partial charge in [0.05, 0.1) is 13.2 Å². The van der Waals surface area contributed by atoms with Crippen molar-refractivity contribution in [2.24, 2.45) is 0 Å². The first-order valence-corrected chi connectivity index (χ1v) is 6.86. The molecule has 0 aromatic heterocycles. The summed E-state index contributed by atoms with van der Waals surface area (Å²) in [6.45, 7) is 10.5. The minimum absolute atomic E-state index is 0.423. The number of aryl methyl sites for hydroxylation is 1. The Balaban J connectivity index is 1.74. The molecule has 1 atom stereocenters. The summed E-state index contributed by atoms with van der Waals surface area (Å²) in [5.74, 6) is 0. The summed E-state index contributed by atoms with van der Waals surface area (Å²) in [6.07, 6.45) is 0. The van der Waals surface area contributed by atoms with E-state index in [1.807, 2.05) is 0 Å². The van der Waals surface area contributed by atoms with Crippen LogP contribution in [0, 0.1) is 6.92 Å². The van der Waals surface area contributed by atoms with E-state index in [2.05, 4.69) is 48.3 Å². The van der Waals surface area contributed by atoms with Crippen LogP contribution in [0.15, 0.2) is 24.3 Å². The third kappa shape index (κ3) is 3.80. The molecule has 1 heterocycles. The fourth-order valence-electron chi connectivity index (χ4n) is 2.45. The number of hydrogen-bond donors (Lipinski definition) is 1. The van der Waals surface area contributed by atoms with E-state index in [9.17, 15) is 0 Å². The zero-order valence-electron chi connectivity index (χ0n) is 11.5.